The fourth-order valence-electron chi connectivity index (χ4n) is 2.94. The highest BCUT2D eigenvalue weighted by Crippen LogP contribution is 2.16. The van der Waals surface area contributed by atoms with Crippen molar-refractivity contribution in [2.45, 2.75) is 31.7 Å². The molecule has 0 aliphatic carbocycles. The maximum atomic E-state index is 11.8. The van der Waals surface area contributed by atoms with Gasteiger partial charge in [0.25, 0.3) is 5.91 Å². The van der Waals surface area contributed by atoms with E-state index in [2.05, 4.69) is 15.2 Å². The van der Waals surface area contributed by atoms with Crippen LogP contribution in [-0.2, 0) is 0 Å². The molecule has 2 rings (SSSR count). The van der Waals surface area contributed by atoms with Crippen LogP contribution in [0.25, 0.3) is 0 Å². The summed E-state index contributed by atoms with van der Waals surface area (Å²) in [5, 5.41) is 12.7. The molecule has 1 saturated heterocycles. The molecule has 2 N–H and O–H groups in total. The molecule has 0 saturated carbocycles. The van der Waals surface area contributed by atoms with Crippen molar-refractivity contribution in [3.63, 3.8) is 0 Å². The summed E-state index contributed by atoms with van der Waals surface area (Å²) in [6.45, 7) is 3.18. The largest absolute Gasteiger partial charge is 0.395 e. The highest BCUT2D eigenvalue weighted by atomic mass is 16.3. The fraction of sp³-hybridized carbons (Fsp3) is 0.647. The Labute approximate surface area is 138 Å². The second-order valence-electron chi connectivity index (χ2n) is 6.28. The number of rotatable bonds is 7. The molecule has 1 aromatic rings. The zero-order valence-corrected chi connectivity index (χ0v) is 14.2. The molecule has 1 atom stereocenters. The molecular weight excluding hydrogens is 292 g/mol. The molecule has 1 aromatic heterocycles. The van der Waals surface area contributed by atoms with Crippen molar-refractivity contribution in [1.82, 2.24) is 14.8 Å². The molecule has 23 heavy (non-hydrogen) atoms. The first-order valence-electron chi connectivity index (χ1n) is 8.38. The fourth-order valence-corrected chi connectivity index (χ4v) is 2.94. The first-order valence-corrected chi connectivity index (χ1v) is 8.38. The van der Waals surface area contributed by atoms with E-state index in [-0.39, 0.29) is 12.5 Å². The third kappa shape index (κ3) is 5.18. The lowest BCUT2D eigenvalue weighted by Gasteiger charge is -2.34. The summed E-state index contributed by atoms with van der Waals surface area (Å²) < 4.78 is 0. The number of nitrogens with one attached hydrogen (secondary N) is 1. The number of carbonyl (C=O) groups is 1. The Balaban J connectivity index is 1.73. The summed E-state index contributed by atoms with van der Waals surface area (Å²) in [5.41, 5.74) is 0.597. The molecular formula is C17H28N4O2. The Morgan fingerprint density at radius 1 is 1.43 bits per heavy atom. The number of carbonyl (C=O) groups excluding carboxylic acids is 1. The normalized spacial score (nSPS) is 18.7. The number of amides is 1. The summed E-state index contributed by atoms with van der Waals surface area (Å²) in [6, 6.07) is 3.97. The number of anilines is 1. The lowest BCUT2D eigenvalue weighted by atomic mass is 10.0. The number of hydrogen-bond donors (Lipinski definition) is 2. The van der Waals surface area contributed by atoms with Crippen molar-refractivity contribution >= 4 is 11.7 Å². The predicted molar refractivity (Wildman–Crippen MR) is 91.7 cm³/mol. The van der Waals surface area contributed by atoms with E-state index in [9.17, 15) is 9.90 Å². The van der Waals surface area contributed by atoms with E-state index in [0.29, 0.717) is 11.6 Å². The number of likely N-dealkylation sites (tertiary alicyclic amines) is 1. The van der Waals surface area contributed by atoms with Gasteiger partial charge in [-0.2, -0.15) is 0 Å². The monoisotopic (exact) mass is 320 g/mol. The Bertz CT molecular complexity index is 490. The molecule has 0 radical (unpaired) electrons. The molecule has 1 unspecified atom stereocenters. The zero-order valence-electron chi connectivity index (χ0n) is 14.2. The van der Waals surface area contributed by atoms with Gasteiger partial charge >= 0.3 is 0 Å². The van der Waals surface area contributed by atoms with Crippen LogP contribution in [0, 0.1) is 0 Å². The summed E-state index contributed by atoms with van der Waals surface area (Å²) in [5.74, 6) is 0.752. The van der Waals surface area contributed by atoms with Gasteiger partial charge in [0.05, 0.1) is 12.2 Å². The maximum Gasteiger partial charge on any atom is 0.254 e. The van der Waals surface area contributed by atoms with Crippen LogP contribution in [0.15, 0.2) is 18.3 Å². The van der Waals surface area contributed by atoms with Gasteiger partial charge in [0.2, 0.25) is 0 Å². The lowest BCUT2D eigenvalue weighted by molar-refractivity contribution is 0.0827. The van der Waals surface area contributed by atoms with Gasteiger partial charge < -0.3 is 15.3 Å². The number of aromatic nitrogens is 1. The SMILES string of the molecule is CN(C)C(=O)c1ccc(NCCCN2CCCCC2CO)nc1. The van der Waals surface area contributed by atoms with Gasteiger partial charge in [-0.1, -0.05) is 6.42 Å². The van der Waals surface area contributed by atoms with Crippen molar-refractivity contribution in [1.29, 1.82) is 0 Å². The Hall–Kier alpha value is -1.66. The van der Waals surface area contributed by atoms with Gasteiger partial charge in [-0.25, -0.2) is 4.98 Å². The smallest absolute Gasteiger partial charge is 0.254 e. The Morgan fingerprint density at radius 3 is 2.91 bits per heavy atom. The number of aliphatic hydroxyl groups is 1. The first-order chi connectivity index (χ1) is 11.1. The van der Waals surface area contributed by atoms with E-state index in [0.717, 1.165) is 38.3 Å². The third-order valence-corrected chi connectivity index (χ3v) is 4.30. The van der Waals surface area contributed by atoms with E-state index >= 15 is 0 Å². The van der Waals surface area contributed by atoms with Crippen molar-refractivity contribution in [2.75, 3.05) is 45.7 Å². The average molecular weight is 320 g/mol. The minimum absolute atomic E-state index is 0.0378. The van der Waals surface area contributed by atoms with Gasteiger partial charge in [-0.15, -0.1) is 0 Å². The quantitative estimate of drug-likeness (QED) is 0.744. The second kappa shape index (κ2) is 8.84. The van der Waals surface area contributed by atoms with Crippen LogP contribution in [0.1, 0.15) is 36.0 Å². The number of pyridine rings is 1. The number of hydrogen-bond acceptors (Lipinski definition) is 5. The van der Waals surface area contributed by atoms with Crippen molar-refractivity contribution in [3.05, 3.63) is 23.9 Å². The molecule has 128 valence electrons. The molecule has 0 spiro atoms. The van der Waals surface area contributed by atoms with Gasteiger partial charge in [0.15, 0.2) is 0 Å². The third-order valence-electron chi connectivity index (χ3n) is 4.30. The van der Waals surface area contributed by atoms with Crippen molar-refractivity contribution in [2.24, 2.45) is 0 Å². The van der Waals surface area contributed by atoms with Crippen LogP contribution in [0.4, 0.5) is 5.82 Å². The molecule has 2 heterocycles. The van der Waals surface area contributed by atoms with Crippen LogP contribution < -0.4 is 5.32 Å². The summed E-state index contributed by atoms with van der Waals surface area (Å²) in [7, 11) is 3.46. The van der Waals surface area contributed by atoms with Crippen LogP contribution in [0.2, 0.25) is 0 Å². The minimum Gasteiger partial charge on any atom is -0.395 e. The van der Waals surface area contributed by atoms with Gasteiger partial charge in [0, 0.05) is 39.4 Å². The van der Waals surface area contributed by atoms with E-state index in [1.165, 1.54) is 12.8 Å². The molecule has 1 fully saturated rings. The topological polar surface area (TPSA) is 68.7 Å². The number of aliphatic hydroxyl groups excluding tert-OH is 1. The van der Waals surface area contributed by atoms with Crippen LogP contribution in [0.5, 0.6) is 0 Å². The molecule has 6 heteroatoms. The predicted octanol–water partition coefficient (Wildman–Crippen LogP) is 1.43. The molecule has 1 amide bonds. The molecule has 1 aliphatic rings. The van der Waals surface area contributed by atoms with E-state index in [1.54, 1.807) is 31.3 Å². The van der Waals surface area contributed by atoms with E-state index in [4.69, 9.17) is 0 Å². The van der Waals surface area contributed by atoms with Gasteiger partial charge in [0.1, 0.15) is 5.82 Å². The van der Waals surface area contributed by atoms with E-state index < -0.39 is 0 Å². The van der Waals surface area contributed by atoms with Gasteiger partial charge in [-0.3, -0.25) is 9.69 Å². The van der Waals surface area contributed by atoms with Crippen molar-refractivity contribution in [3.8, 4) is 0 Å². The maximum absolute atomic E-state index is 11.8. The average Bonchev–Trinajstić information content (AvgIpc) is 2.59. The highest BCUT2D eigenvalue weighted by molar-refractivity contribution is 5.93. The molecule has 6 nitrogen and oxygen atoms in total. The van der Waals surface area contributed by atoms with E-state index in [1.807, 2.05) is 6.07 Å². The minimum atomic E-state index is -0.0378. The summed E-state index contributed by atoms with van der Waals surface area (Å²) in [6.07, 6.45) is 6.18. The standard InChI is InChI=1S/C17H28N4O2/c1-20(2)17(23)14-7-8-16(19-12-14)18-9-5-11-21-10-4-3-6-15(21)13-22/h7-8,12,15,22H,3-6,9-11,13H2,1-2H3,(H,18,19). The van der Waals surface area contributed by atoms with Gasteiger partial charge in [-0.05, 0) is 37.9 Å². The molecule has 0 bridgehead atoms. The molecule has 1 aliphatic heterocycles. The van der Waals surface area contributed by atoms with Crippen LogP contribution >= 0.6 is 0 Å². The highest BCUT2D eigenvalue weighted by Gasteiger charge is 2.20. The first kappa shape index (κ1) is 17.7. The van der Waals surface area contributed by atoms with Crippen LogP contribution in [-0.4, -0.2) is 72.2 Å². The number of nitrogens with zero attached hydrogens (tertiary/aromatic N) is 3. The Kier molecular flexibility index (Phi) is 6.80. The summed E-state index contributed by atoms with van der Waals surface area (Å²) in [4.78, 5) is 20.0. The zero-order chi connectivity index (χ0) is 16.7. The molecule has 0 aromatic carbocycles. The van der Waals surface area contributed by atoms with Crippen molar-refractivity contribution < 1.29 is 9.90 Å². The van der Waals surface area contributed by atoms with Crippen LogP contribution in [0.3, 0.4) is 0 Å². The Morgan fingerprint density at radius 2 is 2.26 bits per heavy atom. The number of piperidine rings is 1. The second-order valence-corrected chi connectivity index (χ2v) is 6.28. The summed E-state index contributed by atoms with van der Waals surface area (Å²) >= 11 is 0. The lowest BCUT2D eigenvalue weighted by Crippen LogP contribution is -2.42.